The predicted molar refractivity (Wildman–Crippen MR) is 83.2 cm³/mol. The molecule has 3 nitrogen and oxygen atoms in total. The van der Waals surface area contributed by atoms with Crippen molar-refractivity contribution in [1.82, 2.24) is 4.90 Å². The minimum absolute atomic E-state index is 0.0966. The Morgan fingerprint density at radius 3 is 2.67 bits per heavy atom. The second-order valence-electron chi connectivity index (χ2n) is 5.19. The zero-order chi connectivity index (χ0) is 14.7. The summed E-state index contributed by atoms with van der Waals surface area (Å²) in [5.74, 6) is -0.301. The van der Waals surface area contributed by atoms with E-state index in [4.69, 9.17) is 0 Å². The topological polar surface area (TPSA) is 32.3 Å². The summed E-state index contributed by atoms with van der Waals surface area (Å²) >= 11 is 1.71. The zero-order valence-electron chi connectivity index (χ0n) is 11.6. The molecule has 1 aromatic carbocycles. The lowest BCUT2D eigenvalue weighted by molar-refractivity contribution is 0.209. The molecule has 1 fully saturated rings. The van der Waals surface area contributed by atoms with Crippen molar-refractivity contribution in [2.75, 3.05) is 11.9 Å². The number of rotatable bonds is 5. The Kier molecular flexibility index (Phi) is 4.20. The van der Waals surface area contributed by atoms with Crippen molar-refractivity contribution in [2.45, 2.75) is 25.3 Å². The average Bonchev–Trinajstić information content (AvgIpc) is 3.17. The fraction of sp³-hybridized carbons (Fsp3) is 0.312. The fourth-order valence-electron chi connectivity index (χ4n) is 2.25. The van der Waals surface area contributed by atoms with Crippen LogP contribution in [0.5, 0.6) is 0 Å². The molecule has 0 aliphatic heterocycles. The molecule has 1 aromatic heterocycles. The number of nitrogens with one attached hydrogen (secondary N) is 1. The van der Waals surface area contributed by atoms with Gasteiger partial charge in [0.25, 0.3) is 0 Å². The van der Waals surface area contributed by atoms with Gasteiger partial charge in [0.05, 0.1) is 0 Å². The standard InChI is InChI=1S/C16H17FN2OS/c17-12-3-5-13(6-4-12)18-16(20)19(14-7-8-14)10-9-15-2-1-11-21-15/h1-6,11,14H,7-10H2,(H,18,20). The Balaban J connectivity index is 1.60. The smallest absolute Gasteiger partial charge is 0.321 e. The molecule has 0 saturated heterocycles. The van der Waals surface area contributed by atoms with Gasteiger partial charge in [0.15, 0.2) is 0 Å². The highest BCUT2D eigenvalue weighted by Crippen LogP contribution is 2.28. The van der Waals surface area contributed by atoms with Crippen LogP contribution in [0.3, 0.4) is 0 Å². The van der Waals surface area contributed by atoms with E-state index >= 15 is 0 Å². The van der Waals surface area contributed by atoms with Gasteiger partial charge in [-0.3, -0.25) is 0 Å². The molecule has 0 bridgehead atoms. The van der Waals surface area contributed by atoms with Crippen molar-refractivity contribution in [2.24, 2.45) is 0 Å². The quantitative estimate of drug-likeness (QED) is 0.885. The average molecular weight is 304 g/mol. The van der Waals surface area contributed by atoms with E-state index in [1.54, 1.807) is 23.5 Å². The highest BCUT2D eigenvalue weighted by atomic mass is 32.1. The SMILES string of the molecule is O=C(Nc1ccc(F)cc1)N(CCc1cccs1)C1CC1. The maximum Gasteiger partial charge on any atom is 0.322 e. The van der Waals surface area contributed by atoms with Crippen LogP contribution in [0.4, 0.5) is 14.9 Å². The first-order chi connectivity index (χ1) is 10.2. The summed E-state index contributed by atoms with van der Waals surface area (Å²) < 4.78 is 12.9. The van der Waals surface area contributed by atoms with E-state index in [0.717, 1.165) is 25.8 Å². The third kappa shape index (κ3) is 3.82. The van der Waals surface area contributed by atoms with E-state index in [2.05, 4.69) is 16.8 Å². The van der Waals surface area contributed by atoms with Crippen molar-refractivity contribution in [1.29, 1.82) is 0 Å². The van der Waals surface area contributed by atoms with Gasteiger partial charge < -0.3 is 10.2 Å². The lowest BCUT2D eigenvalue weighted by Crippen LogP contribution is -2.38. The van der Waals surface area contributed by atoms with Gasteiger partial charge >= 0.3 is 6.03 Å². The minimum atomic E-state index is -0.301. The summed E-state index contributed by atoms with van der Waals surface area (Å²) in [6.07, 6.45) is 3.02. The molecular weight excluding hydrogens is 287 g/mol. The predicted octanol–water partition coefficient (Wildman–Crippen LogP) is 4.13. The monoisotopic (exact) mass is 304 g/mol. The summed E-state index contributed by atoms with van der Waals surface area (Å²) in [4.78, 5) is 15.5. The summed E-state index contributed by atoms with van der Waals surface area (Å²) in [5, 5.41) is 4.90. The molecule has 2 amide bonds. The summed E-state index contributed by atoms with van der Waals surface area (Å²) in [7, 11) is 0. The third-order valence-electron chi connectivity index (χ3n) is 3.52. The van der Waals surface area contributed by atoms with Crippen molar-refractivity contribution in [3.8, 4) is 0 Å². The molecule has 0 unspecified atom stereocenters. The Bertz CT molecular complexity index is 593. The van der Waals surface area contributed by atoms with Crippen LogP contribution in [0, 0.1) is 5.82 Å². The van der Waals surface area contributed by atoms with Crippen LogP contribution in [0.15, 0.2) is 41.8 Å². The number of carbonyl (C=O) groups excluding carboxylic acids is 1. The molecule has 5 heteroatoms. The van der Waals surface area contributed by atoms with E-state index in [1.807, 2.05) is 11.0 Å². The summed E-state index contributed by atoms with van der Waals surface area (Å²) in [5.41, 5.74) is 0.628. The molecule has 1 aliphatic carbocycles. The Morgan fingerprint density at radius 1 is 1.29 bits per heavy atom. The number of hydrogen-bond acceptors (Lipinski definition) is 2. The maximum absolute atomic E-state index is 12.9. The van der Waals surface area contributed by atoms with Crippen molar-refractivity contribution < 1.29 is 9.18 Å². The van der Waals surface area contributed by atoms with Gasteiger partial charge in [-0.05, 0) is 55.0 Å². The summed E-state index contributed by atoms with van der Waals surface area (Å²) in [6.45, 7) is 0.720. The lowest BCUT2D eigenvalue weighted by Gasteiger charge is -2.22. The first kappa shape index (κ1) is 14.1. The first-order valence-corrected chi connectivity index (χ1v) is 7.96. The molecule has 1 heterocycles. The fourth-order valence-corrected chi connectivity index (χ4v) is 2.95. The molecule has 0 spiro atoms. The molecule has 1 aliphatic rings. The normalized spacial score (nSPS) is 14.0. The van der Waals surface area contributed by atoms with Gasteiger partial charge in [0.1, 0.15) is 5.82 Å². The molecule has 1 saturated carbocycles. The number of thiophene rings is 1. The number of halogens is 1. The highest BCUT2D eigenvalue weighted by molar-refractivity contribution is 7.09. The van der Waals surface area contributed by atoms with E-state index in [0.29, 0.717) is 11.7 Å². The van der Waals surface area contributed by atoms with Crippen LogP contribution in [0.2, 0.25) is 0 Å². The Morgan fingerprint density at radius 2 is 2.05 bits per heavy atom. The van der Waals surface area contributed by atoms with E-state index in [9.17, 15) is 9.18 Å². The maximum atomic E-state index is 12.9. The van der Waals surface area contributed by atoms with Gasteiger partial charge in [-0.2, -0.15) is 0 Å². The van der Waals surface area contributed by atoms with Crippen LogP contribution in [-0.4, -0.2) is 23.5 Å². The molecule has 1 N–H and O–H groups in total. The molecular formula is C16H17FN2OS. The number of nitrogens with zero attached hydrogens (tertiary/aromatic N) is 1. The van der Waals surface area contributed by atoms with Gasteiger partial charge in [-0.1, -0.05) is 6.07 Å². The Hall–Kier alpha value is -1.88. The number of urea groups is 1. The minimum Gasteiger partial charge on any atom is -0.321 e. The number of amides is 2. The zero-order valence-corrected chi connectivity index (χ0v) is 12.4. The van der Waals surface area contributed by atoms with Crippen LogP contribution in [-0.2, 0) is 6.42 Å². The van der Waals surface area contributed by atoms with E-state index in [-0.39, 0.29) is 11.8 Å². The van der Waals surface area contributed by atoms with Crippen LogP contribution >= 0.6 is 11.3 Å². The lowest BCUT2D eigenvalue weighted by atomic mass is 10.3. The van der Waals surface area contributed by atoms with Crippen molar-refractivity contribution >= 4 is 23.1 Å². The Labute approximate surface area is 127 Å². The van der Waals surface area contributed by atoms with Crippen molar-refractivity contribution in [3.63, 3.8) is 0 Å². The van der Waals surface area contributed by atoms with Crippen LogP contribution < -0.4 is 5.32 Å². The van der Waals surface area contributed by atoms with E-state index < -0.39 is 0 Å². The summed E-state index contributed by atoms with van der Waals surface area (Å²) in [6, 6.07) is 10.2. The second kappa shape index (κ2) is 6.26. The highest BCUT2D eigenvalue weighted by Gasteiger charge is 2.32. The first-order valence-electron chi connectivity index (χ1n) is 7.08. The molecule has 2 aromatic rings. The van der Waals surface area contributed by atoms with Gasteiger partial charge in [0.2, 0.25) is 0 Å². The van der Waals surface area contributed by atoms with Crippen LogP contribution in [0.1, 0.15) is 17.7 Å². The van der Waals surface area contributed by atoms with Gasteiger partial charge in [-0.15, -0.1) is 11.3 Å². The molecule has 110 valence electrons. The second-order valence-corrected chi connectivity index (χ2v) is 6.22. The molecule has 3 rings (SSSR count). The molecule has 21 heavy (non-hydrogen) atoms. The molecule has 0 radical (unpaired) electrons. The third-order valence-corrected chi connectivity index (χ3v) is 4.46. The number of hydrogen-bond donors (Lipinski definition) is 1. The van der Waals surface area contributed by atoms with Gasteiger partial charge in [0, 0.05) is 23.2 Å². The largest absolute Gasteiger partial charge is 0.322 e. The van der Waals surface area contributed by atoms with Crippen LogP contribution in [0.25, 0.3) is 0 Å². The number of benzene rings is 1. The molecule has 0 atom stereocenters. The number of carbonyl (C=O) groups is 1. The number of anilines is 1. The van der Waals surface area contributed by atoms with Crippen molar-refractivity contribution in [3.05, 3.63) is 52.5 Å². The van der Waals surface area contributed by atoms with Gasteiger partial charge in [-0.25, -0.2) is 9.18 Å². The van der Waals surface area contributed by atoms with E-state index in [1.165, 1.54) is 17.0 Å².